The number of aryl methyl sites for hydroxylation is 1. The highest BCUT2D eigenvalue weighted by atomic mass is 16.5. The van der Waals surface area contributed by atoms with Crippen molar-refractivity contribution in [2.24, 2.45) is 5.84 Å². The molecular formula is C14H19N5O. The van der Waals surface area contributed by atoms with Gasteiger partial charge in [0.05, 0.1) is 6.61 Å². The molecule has 0 saturated carbocycles. The van der Waals surface area contributed by atoms with Gasteiger partial charge in [0, 0.05) is 18.9 Å². The van der Waals surface area contributed by atoms with E-state index in [1.165, 1.54) is 5.56 Å². The molecule has 0 aliphatic heterocycles. The quantitative estimate of drug-likeness (QED) is 0.551. The van der Waals surface area contributed by atoms with Crippen LogP contribution in [0.5, 0.6) is 0 Å². The summed E-state index contributed by atoms with van der Waals surface area (Å²) in [6.45, 7) is 2.50. The molecule has 0 radical (unpaired) electrons. The number of nitrogens with two attached hydrogens (primary N) is 1. The Labute approximate surface area is 118 Å². The van der Waals surface area contributed by atoms with E-state index in [0.717, 1.165) is 12.1 Å². The Bertz CT molecular complexity index is 573. The standard InChI is InChI=1S/C14H19N5O/c1-10-16-13(9-14(17-10)19-15)18-12-6-4-3-5-11(12)7-8-20-2/h3-6,9H,7-8,15H2,1-2H3,(H2,16,17,18,19). The fourth-order valence-corrected chi connectivity index (χ4v) is 1.92. The zero-order valence-electron chi connectivity index (χ0n) is 11.7. The number of rotatable bonds is 6. The van der Waals surface area contributed by atoms with Gasteiger partial charge in [-0.25, -0.2) is 15.8 Å². The van der Waals surface area contributed by atoms with Crippen molar-refractivity contribution in [3.05, 3.63) is 41.7 Å². The van der Waals surface area contributed by atoms with Crippen LogP contribution in [0, 0.1) is 6.92 Å². The fraction of sp³-hybridized carbons (Fsp3) is 0.286. The third-order valence-electron chi connectivity index (χ3n) is 2.84. The molecule has 0 spiro atoms. The van der Waals surface area contributed by atoms with Gasteiger partial charge in [0.15, 0.2) is 0 Å². The minimum atomic E-state index is 0.578. The monoisotopic (exact) mass is 273 g/mol. The van der Waals surface area contributed by atoms with Crippen LogP contribution in [0.3, 0.4) is 0 Å². The van der Waals surface area contributed by atoms with E-state index in [4.69, 9.17) is 10.6 Å². The Morgan fingerprint density at radius 1 is 1.20 bits per heavy atom. The summed E-state index contributed by atoms with van der Waals surface area (Å²) in [5, 5.41) is 3.29. The van der Waals surface area contributed by atoms with E-state index in [9.17, 15) is 0 Å². The molecule has 0 amide bonds. The van der Waals surface area contributed by atoms with Crippen LogP contribution >= 0.6 is 0 Å². The van der Waals surface area contributed by atoms with Gasteiger partial charge in [-0.1, -0.05) is 18.2 Å². The molecule has 1 aromatic carbocycles. The van der Waals surface area contributed by atoms with Gasteiger partial charge in [0.1, 0.15) is 17.5 Å². The third-order valence-corrected chi connectivity index (χ3v) is 2.84. The fourth-order valence-electron chi connectivity index (χ4n) is 1.92. The van der Waals surface area contributed by atoms with Crippen LogP contribution in [0.1, 0.15) is 11.4 Å². The molecule has 0 atom stereocenters. The highest BCUT2D eigenvalue weighted by molar-refractivity contribution is 5.62. The first-order valence-electron chi connectivity index (χ1n) is 6.39. The highest BCUT2D eigenvalue weighted by Crippen LogP contribution is 2.21. The number of nitrogen functional groups attached to an aromatic ring is 1. The van der Waals surface area contributed by atoms with Crippen LogP contribution in [0.25, 0.3) is 0 Å². The number of methoxy groups -OCH3 is 1. The Hall–Kier alpha value is -2.18. The van der Waals surface area contributed by atoms with Gasteiger partial charge in [-0.15, -0.1) is 0 Å². The molecule has 0 unspecified atom stereocenters. The van der Waals surface area contributed by atoms with Crippen molar-refractivity contribution >= 4 is 17.3 Å². The van der Waals surface area contributed by atoms with Gasteiger partial charge >= 0.3 is 0 Å². The van der Waals surface area contributed by atoms with E-state index in [-0.39, 0.29) is 0 Å². The molecule has 0 aliphatic rings. The summed E-state index contributed by atoms with van der Waals surface area (Å²) in [4.78, 5) is 8.51. The molecule has 2 rings (SSSR count). The SMILES string of the molecule is COCCc1ccccc1Nc1cc(NN)nc(C)n1. The normalized spacial score (nSPS) is 10.3. The number of ether oxygens (including phenoxy) is 1. The molecule has 6 nitrogen and oxygen atoms in total. The molecule has 6 heteroatoms. The van der Waals surface area contributed by atoms with Crippen molar-refractivity contribution in [3.8, 4) is 0 Å². The summed E-state index contributed by atoms with van der Waals surface area (Å²) in [5.41, 5.74) is 4.71. The average Bonchev–Trinajstić information content (AvgIpc) is 2.45. The van der Waals surface area contributed by atoms with Gasteiger partial charge in [0.2, 0.25) is 0 Å². The highest BCUT2D eigenvalue weighted by Gasteiger charge is 2.05. The van der Waals surface area contributed by atoms with Crippen molar-refractivity contribution < 1.29 is 4.74 Å². The molecule has 4 N–H and O–H groups in total. The minimum absolute atomic E-state index is 0.578. The maximum Gasteiger partial charge on any atom is 0.145 e. The lowest BCUT2D eigenvalue weighted by molar-refractivity contribution is 0.202. The predicted molar refractivity (Wildman–Crippen MR) is 79.9 cm³/mol. The lowest BCUT2D eigenvalue weighted by Gasteiger charge is -2.12. The van der Waals surface area contributed by atoms with Crippen LogP contribution in [-0.4, -0.2) is 23.7 Å². The van der Waals surface area contributed by atoms with Gasteiger partial charge in [-0.05, 0) is 25.0 Å². The van der Waals surface area contributed by atoms with Crippen molar-refractivity contribution in [1.82, 2.24) is 9.97 Å². The van der Waals surface area contributed by atoms with Crippen molar-refractivity contribution in [3.63, 3.8) is 0 Å². The van der Waals surface area contributed by atoms with E-state index in [2.05, 4.69) is 26.8 Å². The Kier molecular flexibility index (Phi) is 4.86. The topological polar surface area (TPSA) is 85.1 Å². The number of hydrogen-bond donors (Lipinski definition) is 3. The molecular weight excluding hydrogens is 254 g/mol. The molecule has 20 heavy (non-hydrogen) atoms. The summed E-state index contributed by atoms with van der Waals surface area (Å²) >= 11 is 0. The number of para-hydroxylation sites is 1. The van der Waals surface area contributed by atoms with Crippen LogP contribution in [-0.2, 0) is 11.2 Å². The summed E-state index contributed by atoms with van der Waals surface area (Å²) in [7, 11) is 1.70. The molecule has 0 saturated heterocycles. The molecule has 0 fully saturated rings. The second-order valence-electron chi connectivity index (χ2n) is 4.35. The van der Waals surface area contributed by atoms with E-state index in [1.807, 2.05) is 25.1 Å². The largest absolute Gasteiger partial charge is 0.384 e. The van der Waals surface area contributed by atoms with Gasteiger partial charge in [-0.2, -0.15) is 0 Å². The Morgan fingerprint density at radius 3 is 2.70 bits per heavy atom. The zero-order valence-corrected chi connectivity index (χ0v) is 11.7. The second kappa shape index (κ2) is 6.83. The van der Waals surface area contributed by atoms with E-state index < -0.39 is 0 Å². The molecule has 106 valence electrons. The summed E-state index contributed by atoms with van der Waals surface area (Å²) in [5.74, 6) is 7.32. The molecule has 0 aliphatic carbocycles. The van der Waals surface area contributed by atoms with Gasteiger partial charge in [0.25, 0.3) is 0 Å². The third kappa shape index (κ3) is 3.66. The number of aromatic nitrogens is 2. The number of benzene rings is 1. The first-order valence-corrected chi connectivity index (χ1v) is 6.39. The first kappa shape index (κ1) is 14.2. The molecule has 0 bridgehead atoms. The van der Waals surface area contributed by atoms with Crippen molar-refractivity contribution in [2.45, 2.75) is 13.3 Å². The van der Waals surface area contributed by atoms with Gasteiger partial charge < -0.3 is 15.5 Å². The molecule has 1 aromatic heterocycles. The number of hydrogen-bond acceptors (Lipinski definition) is 6. The van der Waals surface area contributed by atoms with Crippen LogP contribution < -0.4 is 16.6 Å². The predicted octanol–water partition coefficient (Wildman–Crippen LogP) is 2.00. The Morgan fingerprint density at radius 2 is 1.95 bits per heavy atom. The van der Waals surface area contributed by atoms with Crippen LogP contribution in [0.4, 0.5) is 17.3 Å². The minimum Gasteiger partial charge on any atom is -0.384 e. The van der Waals surface area contributed by atoms with E-state index >= 15 is 0 Å². The summed E-state index contributed by atoms with van der Waals surface area (Å²) in [6.07, 6.45) is 0.839. The maximum absolute atomic E-state index is 5.39. The summed E-state index contributed by atoms with van der Waals surface area (Å²) in [6, 6.07) is 9.83. The lowest BCUT2D eigenvalue weighted by Crippen LogP contribution is -2.10. The lowest BCUT2D eigenvalue weighted by atomic mass is 10.1. The van der Waals surface area contributed by atoms with Crippen LogP contribution in [0.15, 0.2) is 30.3 Å². The summed E-state index contributed by atoms with van der Waals surface area (Å²) < 4.78 is 5.13. The van der Waals surface area contributed by atoms with Gasteiger partial charge in [-0.3, -0.25) is 0 Å². The smallest absolute Gasteiger partial charge is 0.145 e. The van der Waals surface area contributed by atoms with Crippen LogP contribution in [0.2, 0.25) is 0 Å². The number of hydrazine groups is 1. The van der Waals surface area contributed by atoms with Crippen molar-refractivity contribution in [2.75, 3.05) is 24.5 Å². The zero-order chi connectivity index (χ0) is 14.4. The Balaban J connectivity index is 2.23. The molecule has 1 heterocycles. The second-order valence-corrected chi connectivity index (χ2v) is 4.35. The van der Waals surface area contributed by atoms with E-state index in [1.54, 1.807) is 13.2 Å². The maximum atomic E-state index is 5.39. The van der Waals surface area contributed by atoms with E-state index in [0.29, 0.717) is 24.1 Å². The number of nitrogens with one attached hydrogen (secondary N) is 2. The molecule has 2 aromatic rings. The average molecular weight is 273 g/mol. The first-order chi connectivity index (χ1) is 9.72. The van der Waals surface area contributed by atoms with Crippen molar-refractivity contribution in [1.29, 1.82) is 0 Å². The number of nitrogens with zero attached hydrogens (tertiary/aromatic N) is 2. The number of anilines is 3.